The summed E-state index contributed by atoms with van der Waals surface area (Å²) in [6, 6.07) is 15.5. The minimum Gasteiger partial charge on any atom is -0.481 e. The molecule has 0 atom stereocenters. The number of nitrogens with one attached hydrogen (secondary N) is 1. The summed E-state index contributed by atoms with van der Waals surface area (Å²) in [7, 11) is 0. The first-order chi connectivity index (χ1) is 14.7. The molecule has 0 bridgehead atoms. The molecule has 0 spiro atoms. The first kappa shape index (κ1) is 22.0. The number of aromatic nitrogens is 1. The Morgan fingerprint density at radius 3 is 2.35 bits per heavy atom. The van der Waals surface area contributed by atoms with Crippen LogP contribution in [0.3, 0.4) is 0 Å². The monoisotopic (exact) mass is 417 g/mol. The van der Waals surface area contributed by atoms with Gasteiger partial charge >= 0.3 is 5.97 Å². The van der Waals surface area contributed by atoms with Gasteiger partial charge in [0.05, 0.1) is 19.1 Å². The van der Waals surface area contributed by atoms with E-state index < -0.39 is 5.97 Å². The number of benzene rings is 2. The highest BCUT2D eigenvalue weighted by molar-refractivity contribution is 5.85. The number of aliphatic carboxylic acids is 1. The summed E-state index contributed by atoms with van der Waals surface area (Å²) in [6.45, 7) is 8.01. The van der Waals surface area contributed by atoms with Gasteiger partial charge in [0.1, 0.15) is 0 Å². The zero-order valence-electron chi connectivity index (χ0n) is 18.3. The summed E-state index contributed by atoms with van der Waals surface area (Å²) < 4.78 is 2.07. The van der Waals surface area contributed by atoms with Crippen LogP contribution in [0.2, 0.25) is 0 Å². The molecular formula is C25H27N3O3. The van der Waals surface area contributed by atoms with Gasteiger partial charge in [-0.2, -0.15) is 5.10 Å². The van der Waals surface area contributed by atoms with Crippen LogP contribution in [0.25, 0.3) is 5.69 Å². The number of rotatable bonds is 7. The van der Waals surface area contributed by atoms with Crippen LogP contribution in [0.1, 0.15) is 39.2 Å². The second kappa shape index (κ2) is 9.43. The van der Waals surface area contributed by atoms with E-state index in [2.05, 4.69) is 21.2 Å². The summed E-state index contributed by atoms with van der Waals surface area (Å²) in [5, 5.41) is 13.1. The molecular weight excluding hydrogens is 390 g/mol. The minimum absolute atomic E-state index is 0.00361. The molecule has 0 saturated heterocycles. The smallest absolute Gasteiger partial charge is 0.307 e. The van der Waals surface area contributed by atoms with Crippen LogP contribution >= 0.6 is 0 Å². The van der Waals surface area contributed by atoms with Gasteiger partial charge in [-0.3, -0.25) is 9.59 Å². The molecule has 6 heteroatoms. The molecule has 3 rings (SSSR count). The van der Waals surface area contributed by atoms with Gasteiger partial charge in [-0.25, -0.2) is 5.43 Å². The number of aryl methyl sites for hydroxylation is 3. The Bertz CT molecular complexity index is 1140. The maximum absolute atomic E-state index is 12.3. The van der Waals surface area contributed by atoms with Gasteiger partial charge in [0.25, 0.3) is 0 Å². The number of carbonyl (C=O) groups excluding carboxylic acids is 1. The molecule has 2 N–H and O–H groups in total. The summed E-state index contributed by atoms with van der Waals surface area (Å²) in [5.74, 6) is -1.01. The zero-order valence-corrected chi connectivity index (χ0v) is 18.3. The van der Waals surface area contributed by atoms with Crippen LogP contribution in [0.5, 0.6) is 0 Å². The topological polar surface area (TPSA) is 83.7 Å². The SMILES string of the molecule is Cc1ccc(CC(=O)N/N=C/c2cc(C)n(-c3ccc(CC(=O)O)cc3)c2C)c(C)c1. The number of carboxylic acids is 1. The van der Waals surface area contributed by atoms with E-state index in [1.54, 1.807) is 6.21 Å². The number of hydrazone groups is 1. The van der Waals surface area contributed by atoms with Gasteiger partial charge in [-0.1, -0.05) is 35.9 Å². The van der Waals surface area contributed by atoms with Crippen LogP contribution in [0.4, 0.5) is 0 Å². The maximum atomic E-state index is 12.3. The van der Waals surface area contributed by atoms with E-state index >= 15 is 0 Å². The lowest BCUT2D eigenvalue weighted by Gasteiger charge is -2.10. The van der Waals surface area contributed by atoms with Crippen molar-refractivity contribution in [2.45, 2.75) is 40.5 Å². The van der Waals surface area contributed by atoms with Crippen molar-refractivity contribution in [3.05, 3.63) is 87.7 Å². The Hall–Kier alpha value is -3.67. The lowest BCUT2D eigenvalue weighted by atomic mass is 10.0. The highest BCUT2D eigenvalue weighted by Gasteiger charge is 2.10. The van der Waals surface area contributed by atoms with Crippen LogP contribution in [0.15, 0.2) is 53.6 Å². The third-order valence-corrected chi connectivity index (χ3v) is 5.26. The van der Waals surface area contributed by atoms with Crippen molar-refractivity contribution < 1.29 is 14.7 Å². The fourth-order valence-corrected chi connectivity index (χ4v) is 3.68. The van der Waals surface area contributed by atoms with Crippen LogP contribution < -0.4 is 5.43 Å². The molecule has 0 aliphatic heterocycles. The van der Waals surface area contributed by atoms with Crippen molar-refractivity contribution in [3.8, 4) is 5.69 Å². The molecule has 31 heavy (non-hydrogen) atoms. The third kappa shape index (κ3) is 5.48. The van der Waals surface area contributed by atoms with E-state index in [1.165, 1.54) is 5.56 Å². The Morgan fingerprint density at radius 2 is 1.71 bits per heavy atom. The molecule has 0 unspecified atom stereocenters. The molecule has 0 radical (unpaired) electrons. The van der Waals surface area contributed by atoms with Crippen LogP contribution in [-0.4, -0.2) is 27.8 Å². The lowest BCUT2D eigenvalue weighted by Crippen LogP contribution is -2.20. The van der Waals surface area contributed by atoms with E-state index in [1.807, 2.05) is 70.2 Å². The van der Waals surface area contributed by atoms with Gasteiger partial charge in [0.2, 0.25) is 5.91 Å². The predicted octanol–water partition coefficient (Wildman–Crippen LogP) is 4.03. The summed E-state index contributed by atoms with van der Waals surface area (Å²) in [4.78, 5) is 23.1. The Labute approximate surface area is 182 Å². The molecule has 1 heterocycles. The van der Waals surface area contributed by atoms with Crippen molar-refractivity contribution in [1.29, 1.82) is 0 Å². The number of carbonyl (C=O) groups is 2. The average molecular weight is 418 g/mol. The molecule has 0 saturated carbocycles. The Kier molecular flexibility index (Phi) is 6.70. The fourth-order valence-electron chi connectivity index (χ4n) is 3.68. The van der Waals surface area contributed by atoms with Gasteiger partial charge < -0.3 is 9.67 Å². The maximum Gasteiger partial charge on any atom is 0.307 e. The van der Waals surface area contributed by atoms with E-state index in [-0.39, 0.29) is 18.7 Å². The van der Waals surface area contributed by atoms with Gasteiger partial charge in [0.15, 0.2) is 0 Å². The first-order valence-corrected chi connectivity index (χ1v) is 10.1. The van der Waals surface area contributed by atoms with E-state index in [0.717, 1.165) is 39.3 Å². The van der Waals surface area contributed by atoms with E-state index in [4.69, 9.17) is 5.11 Å². The largest absolute Gasteiger partial charge is 0.481 e. The second-order valence-corrected chi connectivity index (χ2v) is 7.80. The highest BCUT2D eigenvalue weighted by atomic mass is 16.4. The van der Waals surface area contributed by atoms with Gasteiger partial charge in [0, 0.05) is 22.6 Å². The third-order valence-electron chi connectivity index (χ3n) is 5.26. The normalized spacial score (nSPS) is 11.1. The predicted molar refractivity (Wildman–Crippen MR) is 122 cm³/mol. The summed E-state index contributed by atoms with van der Waals surface area (Å²) in [6.07, 6.45) is 1.94. The highest BCUT2D eigenvalue weighted by Crippen LogP contribution is 2.20. The Balaban J connectivity index is 1.69. The van der Waals surface area contributed by atoms with Gasteiger partial charge in [-0.15, -0.1) is 0 Å². The Morgan fingerprint density at radius 1 is 1.00 bits per heavy atom. The second-order valence-electron chi connectivity index (χ2n) is 7.80. The molecule has 6 nitrogen and oxygen atoms in total. The average Bonchev–Trinajstić information content (AvgIpc) is 2.98. The molecule has 1 amide bonds. The molecule has 0 aliphatic rings. The van der Waals surface area contributed by atoms with Crippen molar-refractivity contribution in [2.75, 3.05) is 0 Å². The molecule has 2 aromatic carbocycles. The number of nitrogens with zero attached hydrogens (tertiary/aromatic N) is 2. The van der Waals surface area contributed by atoms with Crippen molar-refractivity contribution in [3.63, 3.8) is 0 Å². The van der Waals surface area contributed by atoms with Crippen LogP contribution in [0, 0.1) is 27.7 Å². The molecule has 0 aliphatic carbocycles. The van der Waals surface area contributed by atoms with E-state index in [0.29, 0.717) is 0 Å². The first-order valence-electron chi connectivity index (χ1n) is 10.1. The van der Waals surface area contributed by atoms with Crippen molar-refractivity contribution >= 4 is 18.1 Å². The fraction of sp³-hybridized carbons (Fsp3) is 0.240. The minimum atomic E-state index is -0.848. The molecule has 0 fully saturated rings. The summed E-state index contributed by atoms with van der Waals surface area (Å²) in [5.41, 5.74) is 10.5. The standard InChI is InChI=1S/C25H27N3O3/c1-16-5-8-21(17(2)11-16)14-24(29)27-26-15-22-12-18(3)28(19(22)4)23-9-6-20(7-10-23)13-25(30)31/h5-12,15H,13-14H2,1-4H3,(H,27,29)(H,30,31)/b26-15+. The summed E-state index contributed by atoms with van der Waals surface area (Å²) >= 11 is 0. The molecule has 160 valence electrons. The number of amides is 1. The molecule has 1 aromatic heterocycles. The number of hydrogen-bond acceptors (Lipinski definition) is 3. The van der Waals surface area contributed by atoms with E-state index in [9.17, 15) is 9.59 Å². The number of hydrogen-bond donors (Lipinski definition) is 2. The zero-order chi connectivity index (χ0) is 22.5. The van der Waals surface area contributed by atoms with Crippen molar-refractivity contribution in [1.82, 2.24) is 9.99 Å². The lowest BCUT2D eigenvalue weighted by molar-refractivity contribution is -0.136. The molecule has 3 aromatic rings. The van der Waals surface area contributed by atoms with Crippen molar-refractivity contribution in [2.24, 2.45) is 5.10 Å². The number of carboxylic acid groups (broad SMARTS) is 1. The van der Waals surface area contributed by atoms with Gasteiger partial charge in [-0.05, 0) is 62.6 Å². The quantitative estimate of drug-likeness (QED) is 0.450. The van der Waals surface area contributed by atoms with Crippen LogP contribution in [-0.2, 0) is 22.4 Å².